The van der Waals surface area contributed by atoms with Crippen LogP contribution in [-0.2, 0) is 38.0 Å². The Labute approximate surface area is 168 Å². The molecule has 0 aliphatic carbocycles. The van der Waals surface area contributed by atoms with Gasteiger partial charge in [0.1, 0.15) is 6.61 Å². The van der Waals surface area contributed by atoms with Gasteiger partial charge in [0, 0.05) is 12.5 Å². The molecule has 166 valence electrons. The minimum atomic E-state index is -0.00785. The highest BCUT2D eigenvalue weighted by molar-refractivity contribution is 5.77. The summed E-state index contributed by atoms with van der Waals surface area (Å²) in [4.78, 5) is 21.9. The number of nitrogens with one attached hydrogen (secondary N) is 1. The first-order valence-corrected chi connectivity index (χ1v) is 9.77. The summed E-state index contributed by atoms with van der Waals surface area (Å²) >= 11 is 0. The van der Waals surface area contributed by atoms with E-state index < -0.39 is 0 Å². The van der Waals surface area contributed by atoms with Crippen LogP contribution in [0.3, 0.4) is 0 Å². The predicted molar refractivity (Wildman–Crippen MR) is 103 cm³/mol. The van der Waals surface area contributed by atoms with Crippen molar-refractivity contribution >= 4 is 11.7 Å². The van der Waals surface area contributed by atoms with Crippen molar-refractivity contribution in [3.8, 4) is 0 Å². The Balaban J connectivity index is 3.07. The van der Waals surface area contributed by atoms with Crippen LogP contribution >= 0.6 is 0 Å². The summed E-state index contributed by atoms with van der Waals surface area (Å²) in [5.41, 5.74) is 0. The Morgan fingerprint density at radius 3 is 1.36 bits per heavy atom. The lowest BCUT2D eigenvalue weighted by Crippen LogP contribution is -2.31. The Kier molecular flexibility index (Phi) is 19.8. The molecule has 0 aliphatic heterocycles. The van der Waals surface area contributed by atoms with Crippen LogP contribution in [0.2, 0.25) is 0 Å². The van der Waals surface area contributed by atoms with E-state index in [0.717, 1.165) is 0 Å². The summed E-state index contributed by atoms with van der Waals surface area (Å²) in [5.74, 6) is 0.0293. The molecule has 0 saturated carbocycles. The summed E-state index contributed by atoms with van der Waals surface area (Å²) in [7, 11) is 0. The third-order valence-electron chi connectivity index (χ3n) is 3.24. The Bertz CT molecular complexity index is 379. The molecule has 0 bridgehead atoms. The summed E-state index contributed by atoms with van der Waals surface area (Å²) in [6.45, 7) is 11.1. The highest BCUT2D eigenvalue weighted by atomic mass is 16.6. The zero-order chi connectivity index (χ0) is 20.9. The van der Waals surface area contributed by atoms with E-state index in [9.17, 15) is 9.59 Å². The molecule has 9 heteroatoms. The highest BCUT2D eigenvalue weighted by Crippen LogP contribution is 1.89. The number of ether oxygens (including phenoxy) is 6. The van der Waals surface area contributed by atoms with Gasteiger partial charge < -0.3 is 33.7 Å². The van der Waals surface area contributed by atoms with Crippen molar-refractivity contribution in [1.29, 1.82) is 0 Å². The molecule has 9 nitrogen and oxygen atoms in total. The first-order valence-electron chi connectivity index (χ1n) is 9.77. The monoisotopic (exact) mass is 407 g/mol. The van der Waals surface area contributed by atoms with Gasteiger partial charge in [-0.2, -0.15) is 0 Å². The maximum atomic E-state index is 11.3. The lowest BCUT2D eigenvalue weighted by molar-refractivity contribution is -0.124. The average molecular weight is 408 g/mol. The molecule has 0 heterocycles. The smallest absolute Gasteiger partial charge is 0.222 e. The molecule has 0 fully saturated rings. The van der Waals surface area contributed by atoms with Gasteiger partial charge in [-0.1, -0.05) is 13.8 Å². The fourth-order valence-electron chi connectivity index (χ4n) is 1.77. The highest BCUT2D eigenvalue weighted by Gasteiger charge is 2.04. The number of Topliss-reactive ketones (excluding diaryl/α,β-unsaturated/α-hetero) is 1. The quantitative estimate of drug-likeness (QED) is 0.274. The first kappa shape index (κ1) is 26.9. The van der Waals surface area contributed by atoms with E-state index in [1.54, 1.807) is 0 Å². The minimum absolute atomic E-state index is 0.00544. The zero-order valence-corrected chi connectivity index (χ0v) is 17.5. The van der Waals surface area contributed by atoms with Crippen molar-refractivity contribution in [1.82, 2.24) is 5.32 Å². The van der Waals surface area contributed by atoms with Crippen LogP contribution < -0.4 is 5.32 Å². The molecular formula is C19H37NO8. The van der Waals surface area contributed by atoms with E-state index in [0.29, 0.717) is 79.2 Å². The van der Waals surface area contributed by atoms with E-state index in [1.165, 1.54) is 6.92 Å². The van der Waals surface area contributed by atoms with E-state index in [4.69, 9.17) is 28.4 Å². The van der Waals surface area contributed by atoms with Gasteiger partial charge in [0.15, 0.2) is 5.78 Å². The van der Waals surface area contributed by atoms with Gasteiger partial charge >= 0.3 is 0 Å². The molecule has 0 aliphatic rings. The van der Waals surface area contributed by atoms with Crippen LogP contribution in [0.25, 0.3) is 0 Å². The molecule has 0 aromatic rings. The van der Waals surface area contributed by atoms with Crippen LogP contribution in [0.1, 0.15) is 20.8 Å². The molecule has 1 amide bonds. The second-order valence-corrected chi connectivity index (χ2v) is 6.26. The molecule has 0 atom stereocenters. The molecule has 0 spiro atoms. The number of hydrogen-bond acceptors (Lipinski definition) is 8. The molecule has 0 rings (SSSR count). The molecule has 0 aromatic heterocycles. The van der Waals surface area contributed by atoms with Crippen molar-refractivity contribution in [2.75, 3.05) is 85.8 Å². The largest absolute Gasteiger partial charge is 0.377 e. The van der Waals surface area contributed by atoms with Crippen molar-refractivity contribution in [3.63, 3.8) is 0 Å². The topological polar surface area (TPSA) is 102 Å². The maximum absolute atomic E-state index is 11.3. The van der Waals surface area contributed by atoms with Crippen LogP contribution in [0.4, 0.5) is 0 Å². The van der Waals surface area contributed by atoms with E-state index in [-0.39, 0.29) is 24.2 Å². The zero-order valence-electron chi connectivity index (χ0n) is 17.5. The first-order chi connectivity index (χ1) is 13.5. The van der Waals surface area contributed by atoms with Crippen LogP contribution in [0, 0.1) is 5.92 Å². The van der Waals surface area contributed by atoms with Crippen molar-refractivity contribution in [2.24, 2.45) is 5.92 Å². The number of amides is 1. The van der Waals surface area contributed by atoms with Gasteiger partial charge in [-0.25, -0.2) is 0 Å². The van der Waals surface area contributed by atoms with Gasteiger partial charge in [-0.3, -0.25) is 9.59 Å². The summed E-state index contributed by atoms with van der Waals surface area (Å²) < 4.78 is 31.8. The Hall–Kier alpha value is -1.10. The summed E-state index contributed by atoms with van der Waals surface area (Å²) in [6, 6.07) is 0. The Morgan fingerprint density at radius 1 is 0.643 bits per heavy atom. The van der Waals surface area contributed by atoms with E-state index >= 15 is 0 Å². The van der Waals surface area contributed by atoms with Gasteiger partial charge in [-0.15, -0.1) is 0 Å². The van der Waals surface area contributed by atoms with Gasteiger partial charge in [0.2, 0.25) is 5.91 Å². The predicted octanol–water partition coefficient (Wildman–Crippen LogP) is 0.447. The van der Waals surface area contributed by atoms with Crippen molar-refractivity contribution in [2.45, 2.75) is 20.8 Å². The maximum Gasteiger partial charge on any atom is 0.222 e. The fourth-order valence-corrected chi connectivity index (χ4v) is 1.77. The lowest BCUT2D eigenvalue weighted by Gasteiger charge is -2.09. The number of carbonyl (C=O) groups is 2. The van der Waals surface area contributed by atoms with Gasteiger partial charge in [-0.05, 0) is 6.92 Å². The number of rotatable bonds is 21. The van der Waals surface area contributed by atoms with Gasteiger partial charge in [0.25, 0.3) is 0 Å². The lowest BCUT2D eigenvalue weighted by atomic mass is 10.2. The molecule has 0 saturated heterocycles. The van der Waals surface area contributed by atoms with Crippen molar-refractivity contribution in [3.05, 3.63) is 0 Å². The second kappa shape index (κ2) is 20.6. The Morgan fingerprint density at radius 2 is 1.00 bits per heavy atom. The normalized spacial score (nSPS) is 11.1. The van der Waals surface area contributed by atoms with Crippen LogP contribution in [0.5, 0.6) is 0 Å². The van der Waals surface area contributed by atoms with Crippen molar-refractivity contribution < 1.29 is 38.0 Å². The third kappa shape index (κ3) is 21.2. The third-order valence-corrected chi connectivity index (χ3v) is 3.24. The summed E-state index contributed by atoms with van der Waals surface area (Å²) in [5, 5.41) is 2.78. The van der Waals surface area contributed by atoms with E-state index in [1.807, 2.05) is 13.8 Å². The molecular weight excluding hydrogens is 370 g/mol. The fraction of sp³-hybridized carbons (Fsp3) is 0.895. The van der Waals surface area contributed by atoms with Crippen LogP contribution in [-0.4, -0.2) is 97.5 Å². The van der Waals surface area contributed by atoms with Crippen LogP contribution in [0.15, 0.2) is 0 Å². The molecule has 28 heavy (non-hydrogen) atoms. The SMILES string of the molecule is CC(=O)COCCOCCOCCOCCOCCOCCNC(=O)C(C)C. The number of carbonyl (C=O) groups excluding carboxylic acids is 2. The molecule has 0 unspecified atom stereocenters. The average Bonchev–Trinajstić information content (AvgIpc) is 2.65. The standard InChI is InChI=1S/C19H37NO8/c1-17(2)19(22)20-4-5-23-6-7-24-8-9-25-10-11-26-12-13-27-14-15-28-16-18(3)21/h17H,4-16H2,1-3H3,(H,20,22). The summed E-state index contributed by atoms with van der Waals surface area (Å²) in [6.07, 6.45) is 0. The minimum Gasteiger partial charge on any atom is -0.377 e. The van der Waals surface area contributed by atoms with E-state index in [2.05, 4.69) is 5.32 Å². The number of ketones is 1. The molecule has 0 radical (unpaired) electrons. The number of hydrogen-bond donors (Lipinski definition) is 1. The molecule has 0 aromatic carbocycles. The molecule has 1 N–H and O–H groups in total. The van der Waals surface area contributed by atoms with Gasteiger partial charge in [0.05, 0.1) is 72.7 Å². The second-order valence-electron chi connectivity index (χ2n) is 6.26.